The fourth-order valence-electron chi connectivity index (χ4n) is 1.48. The van der Waals surface area contributed by atoms with Gasteiger partial charge >= 0.3 is 0 Å². The second-order valence-electron chi connectivity index (χ2n) is 3.02. The highest BCUT2D eigenvalue weighted by Gasteiger charge is 2.10. The summed E-state index contributed by atoms with van der Waals surface area (Å²) in [7, 11) is 1.60. The van der Waals surface area contributed by atoms with E-state index in [0.29, 0.717) is 12.3 Å². The van der Waals surface area contributed by atoms with Crippen LogP contribution in [0.25, 0.3) is 5.52 Å². The number of ether oxygens (including phenoxy) is 1. The fourth-order valence-corrected chi connectivity index (χ4v) is 1.89. The largest absolute Gasteiger partial charge is 0.494 e. The molecule has 2 heterocycles. The number of rotatable bonds is 3. The van der Waals surface area contributed by atoms with Crippen molar-refractivity contribution in [2.75, 3.05) is 7.11 Å². The Bertz CT molecular complexity index is 483. The van der Waals surface area contributed by atoms with Crippen molar-refractivity contribution >= 4 is 21.4 Å². The number of hydrogen-bond acceptors (Lipinski definition) is 4. The monoisotopic (exact) mass is 271 g/mol. The van der Waals surface area contributed by atoms with E-state index in [0.717, 1.165) is 15.6 Å². The van der Waals surface area contributed by atoms with Gasteiger partial charge in [0, 0.05) is 22.8 Å². The maximum Gasteiger partial charge on any atom is 0.146 e. The average molecular weight is 272 g/mol. The van der Waals surface area contributed by atoms with E-state index < -0.39 is 0 Å². The number of hydrogen-bond donors (Lipinski definition) is 2. The summed E-state index contributed by atoms with van der Waals surface area (Å²) in [5.74, 6) is 0.715. The minimum absolute atomic E-state index is 0.335. The van der Waals surface area contributed by atoms with Gasteiger partial charge in [0.15, 0.2) is 0 Å². The molecule has 5 nitrogen and oxygen atoms in total. The van der Waals surface area contributed by atoms with Crippen LogP contribution in [0.15, 0.2) is 22.9 Å². The lowest BCUT2D eigenvalue weighted by molar-refractivity contribution is 0.161. The summed E-state index contributed by atoms with van der Waals surface area (Å²) in [4.78, 5) is 0. The molecule has 6 heteroatoms. The molecule has 0 atom stereocenters. The molecule has 0 radical (unpaired) electrons. The van der Waals surface area contributed by atoms with E-state index in [2.05, 4.69) is 26.5 Å². The summed E-state index contributed by atoms with van der Waals surface area (Å²) < 4.78 is 7.84. The van der Waals surface area contributed by atoms with E-state index in [-0.39, 0.29) is 0 Å². The molecule has 0 aromatic carbocycles. The lowest BCUT2D eigenvalue weighted by Gasteiger charge is -2.05. The van der Waals surface area contributed by atoms with Crippen molar-refractivity contribution in [3.05, 3.63) is 28.5 Å². The van der Waals surface area contributed by atoms with E-state index in [1.807, 2.05) is 12.3 Å². The Kier molecular flexibility index (Phi) is 2.90. The summed E-state index contributed by atoms with van der Waals surface area (Å²) >= 11 is 3.37. The molecule has 0 unspecified atom stereocenters. The minimum Gasteiger partial charge on any atom is -0.494 e. The third kappa shape index (κ3) is 1.83. The van der Waals surface area contributed by atoms with Gasteiger partial charge in [-0.25, -0.2) is 10.00 Å². The first-order chi connectivity index (χ1) is 7.26. The summed E-state index contributed by atoms with van der Waals surface area (Å²) in [5, 5.41) is 12.8. The molecule has 0 saturated heterocycles. The summed E-state index contributed by atoms with van der Waals surface area (Å²) in [6.07, 6.45) is 3.52. The van der Waals surface area contributed by atoms with Crippen molar-refractivity contribution in [2.45, 2.75) is 6.54 Å². The lowest BCUT2D eigenvalue weighted by atomic mass is 10.2. The summed E-state index contributed by atoms with van der Waals surface area (Å²) in [5.41, 5.74) is 3.83. The maximum atomic E-state index is 8.68. The van der Waals surface area contributed by atoms with E-state index in [9.17, 15) is 0 Å². The van der Waals surface area contributed by atoms with Crippen molar-refractivity contribution in [3.8, 4) is 5.75 Å². The molecule has 0 bridgehead atoms. The summed E-state index contributed by atoms with van der Waals surface area (Å²) in [6, 6.07) is 1.86. The first-order valence-electron chi connectivity index (χ1n) is 4.33. The van der Waals surface area contributed by atoms with Crippen molar-refractivity contribution in [2.24, 2.45) is 0 Å². The lowest BCUT2D eigenvalue weighted by Crippen LogP contribution is -2.06. The van der Waals surface area contributed by atoms with E-state index >= 15 is 0 Å². The number of hydroxylamine groups is 1. The van der Waals surface area contributed by atoms with Crippen LogP contribution in [0.2, 0.25) is 0 Å². The Balaban J connectivity index is 2.66. The molecule has 2 aromatic rings. The quantitative estimate of drug-likeness (QED) is 0.833. The average Bonchev–Trinajstić information content (AvgIpc) is 2.61. The predicted molar refractivity (Wildman–Crippen MR) is 58.1 cm³/mol. The Morgan fingerprint density at radius 3 is 3.13 bits per heavy atom. The molecule has 2 rings (SSSR count). The van der Waals surface area contributed by atoms with E-state index in [1.165, 1.54) is 0 Å². The fraction of sp³-hybridized carbons (Fsp3) is 0.222. The number of fused-ring (bicyclic) bond motifs is 1. The maximum absolute atomic E-state index is 8.68. The van der Waals surface area contributed by atoms with Gasteiger partial charge in [-0.15, -0.1) is 0 Å². The van der Waals surface area contributed by atoms with Crippen LogP contribution in [-0.4, -0.2) is 21.9 Å². The van der Waals surface area contributed by atoms with Gasteiger partial charge in [0.1, 0.15) is 11.3 Å². The highest BCUT2D eigenvalue weighted by molar-refractivity contribution is 9.10. The van der Waals surface area contributed by atoms with Crippen LogP contribution in [-0.2, 0) is 6.54 Å². The molecule has 2 aromatic heterocycles. The zero-order valence-electron chi connectivity index (χ0n) is 8.07. The molecule has 15 heavy (non-hydrogen) atoms. The van der Waals surface area contributed by atoms with Crippen molar-refractivity contribution in [1.82, 2.24) is 15.1 Å². The van der Waals surface area contributed by atoms with Crippen LogP contribution < -0.4 is 10.2 Å². The Labute approximate surface area is 94.7 Å². The number of halogens is 1. The van der Waals surface area contributed by atoms with Crippen LogP contribution >= 0.6 is 15.9 Å². The predicted octanol–water partition coefficient (Wildman–Crippen LogP) is 1.58. The zero-order chi connectivity index (χ0) is 10.8. The highest BCUT2D eigenvalue weighted by atomic mass is 79.9. The zero-order valence-corrected chi connectivity index (χ0v) is 9.65. The number of nitrogens with zero attached hydrogens (tertiary/aromatic N) is 2. The van der Waals surface area contributed by atoms with Crippen LogP contribution in [0, 0.1) is 0 Å². The number of aromatic nitrogens is 2. The van der Waals surface area contributed by atoms with Crippen LogP contribution in [0.5, 0.6) is 5.75 Å². The molecule has 0 aliphatic heterocycles. The molecule has 0 aliphatic carbocycles. The number of methoxy groups -OCH3 is 1. The third-order valence-corrected chi connectivity index (χ3v) is 2.54. The van der Waals surface area contributed by atoms with Gasteiger partial charge < -0.3 is 9.94 Å². The first-order valence-corrected chi connectivity index (χ1v) is 5.12. The van der Waals surface area contributed by atoms with Gasteiger partial charge in [-0.3, -0.25) is 0 Å². The van der Waals surface area contributed by atoms with Crippen molar-refractivity contribution < 1.29 is 9.94 Å². The summed E-state index contributed by atoms with van der Waals surface area (Å²) in [6.45, 7) is 0.335. The van der Waals surface area contributed by atoms with Gasteiger partial charge in [0.25, 0.3) is 0 Å². The van der Waals surface area contributed by atoms with Crippen molar-refractivity contribution in [3.63, 3.8) is 0 Å². The normalized spacial score (nSPS) is 10.9. The van der Waals surface area contributed by atoms with Crippen LogP contribution in [0.3, 0.4) is 0 Å². The molecule has 0 amide bonds. The minimum atomic E-state index is 0.335. The molecular formula is C9H10BrN3O2. The molecule has 0 spiro atoms. The molecular weight excluding hydrogens is 262 g/mol. The topological polar surface area (TPSA) is 58.8 Å². The van der Waals surface area contributed by atoms with Gasteiger partial charge in [-0.2, -0.15) is 5.10 Å². The SMILES string of the molecule is COc1cc(Br)cn2ncc(CNO)c12. The molecule has 0 aliphatic rings. The Morgan fingerprint density at radius 1 is 1.67 bits per heavy atom. The second-order valence-corrected chi connectivity index (χ2v) is 3.94. The molecule has 2 N–H and O–H groups in total. The molecule has 0 fully saturated rings. The first kappa shape index (κ1) is 10.4. The molecule has 80 valence electrons. The van der Waals surface area contributed by atoms with E-state index in [1.54, 1.807) is 17.8 Å². The standard InChI is InChI=1S/C9H10BrN3O2/c1-15-8-2-7(10)5-13-9(8)6(3-11-13)4-12-14/h2-3,5,12,14H,4H2,1H3. The van der Waals surface area contributed by atoms with Gasteiger partial charge in [-0.05, 0) is 22.0 Å². The number of pyridine rings is 1. The van der Waals surface area contributed by atoms with Gasteiger partial charge in [-0.1, -0.05) is 0 Å². The smallest absolute Gasteiger partial charge is 0.146 e. The second kappa shape index (κ2) is 4.18. The van der Waals surface area contributed by atoms with E-state index in [4.69, 9.17) is 9.94 Å². The van der Waals surface area contributed by atoms with Crippen molar-refractivity contribution in [1.29, 1.82) is 0 Å². The van der Waals surface area contributed by atoms with Gasteiger partial charge in [0.2, 0.25) is 0 Å². The number of nitrogens with one attached hydrogen (secondary N) is 1. The van der Waals surface area contributed by atoms with Gasteiger partial charge in [0.05, 0.1) is 13.3 Å². The van der Waals surface area contributed by atoms with Crippen LogP contribution in [0.4, 0.5) is 0 Å². The highest BCUT2D eigenvalue weighted by Crippen LogP contribution is 2.26. The Morgan fingerprint density at radius 2 is 2.47 bits per heavy atom. The van der Waals surface area contributed by atoms with Crippen LogP contribution in [0.1, 0.15) is 5.56 Å². The third-order valence-electron chi connectivity index (χ3n) is 2.11. The Hall–Kier alpha value is -1.11. The molecule has 0 saturated carbocycles.